The Labute approximate surface area is 187 Å². The average molecular weight is 447 g/mol. The number of benzene rings is 1. The lowest BCUT2D eigenvalue weighted by molar-refractivity contribution is -0.146. The largest absolute Gasteiger partial charge is 0.491 e. The van der Waals surface area contributed by atoms with Gasteiger partial charge in [0.2, 0.25) is 11.8 Å². The van der Waals surface area contributed by atoms with E-state index in [0.29, 0.717) is 12.3 Å². The van der Waals surface area contributed by atoms with Gasteiger partial charge in [0.05, 0.1) is 6.04 Å². The highest BCUT2D eigenvalue weighted by Crippen LogP contribution is 2.34. The minimum Gasteiger partial charge on any atom is -0.491 e. The fraction of sp³-hybridized carbons (Fsp3) is 0.500. The van der Waals surface area contributed by atoms with Crippen molar-refractivity contribution in [3.05, 3.63) is 52.0 Å². The molecule has 0 fully saturated rings. The number of hydrogen-bond donors (Lipinski definition) is 0. The van der Waals surface area contributed by atoms with Crippen molar-refractivity contribution in [3.63, 3.8) is 0 Å². The van der Waals surface area contributed by atoms with Crippen molar-refractivity contribution in [2.24, 2.45) is 5.92 Å². The van der Waals surface area contributed by atoms with Gasteiger partial charge in [-0.1, -0.05) is 20.8 Å². The van der Waals surface area contributed by atoms with Crippen molar-refractivity contribution in [2.75, 3.05) is 19.7 Å². The predicted molar refractivity (Wildman–Crippen MR) is 121 cm³/mol. The van der Waals surface area contributed by atoms with Gasteiger partial charge in [0.25, 0.3) is 0 Å². The summed E-state index contributed by atoms with van der Waals surface area (Å²) in [5, 5.41) is 2.04. The van der Waals surface area contributed by atoms with Gasteiger partial charge in [-0.15, -0.1) is 11.3 Å². The minimum absolute atomic E-state index is 0.00459. The summed E-state index contributed by atoms with van der Waals surface area (Å²) >= 11 is 1.69. The molecule has 168 valence electrons. The van der Waals surface area contributed by atoms with Gasteiger partial charge in [-0.05, 0) is 61.0 Å². The maximum atomic E-state index is 13.4. The Morgan fingerprint density at radius 2 is 1.94 bits per heavy atom. The van der Waals surface area contributed by atoms with E-state index >= 15 is 0 Å². The third kappa shape index (κ3) is 5.45. The molecule has 2 amide bonds. The van der Waals surface area contributed by atoms with Crippen molar-refractivity contribution >= 4 is 23.2 Å². The number of amides is 2. The number of hydrogen-bond acceptors (Lipinski definition) is 4. The predicted octanol–water partition coefficient (Wildman–Crippen LogP) is 4.68. The summed E-state index contributed by atoms with van der Waals surface area (Å²) < 4.78 is 19.1. The van der Waals surface area contributed by atoms with Gasteiger partial charge >= 0.3 is 0 Å². The SMILES string of the molecule is CCC(C)N(CC(=O)N1CCc2sccc2C1COc1ccc(F)cc1)C(=O)C(C)C. The van der Waals surface area contributed by atoms with Crippen LogP contribution in [0.5, 0.6) is 5.75 Å². The molecule has 5 nitrogen and oxygen atoms in total. The molecule has 1 aromatic heterocycles. The Morgan fingerprint density at radius 3 is 2.58 bits per heavy atom. The van der Waals surface area contributed by atoms with Gasteiger partial charge in [0, 0.05) is 23.4 Å². The van der Waals surface area contributed by atoms with Crippen LogP contribution >= 0.6 is 11.3 Å². The Kier molecular flexibility index (Phi) is 7.70. The third-order valence-electron chi connectivity index (χ3n) is 5.84. The van der Waals surface area contributed by atoms with E-state index in [-0.39, 0.29) is 48.8 Å². The summed E-state index contributed by atoms with van der Waals surface area (Å²) in [5.74, 6) is 0.00686. The fourth-order valence-electron chi connectivity index (χ4n) is 3.82. The van der Waals surface area contributed by atoms with Gasteiger partial charge in [-0.25, -0.2) is 4.39 Å². The molecule has 0 saturated carbocycles. The number of carbonyl (C=O) groups excluding carboxylic acids is 2. The highest BCUT2D eigenvalue weighted by atomic mass is 32.1. The van der Waals surface area contributed by atoms with Gasteiger partial charge < -0.3 is 14.5 Å². The molecular weight excluding hydrogens is 415 g/mol. The van der Waals surface area contributed by atoms with E-state index in [1.54, 1.807) is 28.4 Å². The number of ether oxygens (including phenoxy) is 1. The van der Waals surface area contributed by atoms with E-state index in [1.165, 1.54) is 17.0 Å². The summed E-state index contributed by atoms with van der Waals surface area (Å²) in [6.45, 7) is 8.67. The zero-order chi connectivity index (χ0) is 22.5. The zero-order valence-corrected chi connectivity index (χ0v) is 19.5. The number of nitrogens with zero attached hydrogens (tertiary/aromatic N) is 2. The summed E-state index contributed by atoms with van der Waals surface area (Å²) in [6, 6.07) is 7.70. The molecular formula is C24H31FN2O3S. The van der Waals surface area contributed by atoms with Crippen molar-refractivity contribution in [2.45, 2.75) is 52.6 Å². The highest BCUT2D eigenvalue weighted by Gasteiger charge is 2.34. The molecule has 2 aromatic rings. The fourth-order valence-corrected chi connectivity index (χ4v) is 4.75. The number of carbonyl (C=O) groups is 2. The molecule has 2 atom stereocenters. The maximum absolute atomic E-state index is 13.4. The zero-order valence-electron chi connectivity index (χ0n) is 18.6. The van der Waals surface area contributed by atoms with Gasteiger partial charge in [-0.2, -0.15) is 0 Å². The maximum Gasteiger partial charge on any atom is 0.242 e. The molecule has 0 saturated heterocycles. The van der Waals surface area contributed by atoms with E-state index < -0.39 is 0 Å². The number of fused-ring (bicyclic) bond motifs is 1. The summed E-state index contributed by atoms with van der Waals surface area (Å²) in [5.41, 5.74) is 1.09. The quantitative estimate of drug-likeness (QED) is 0.592. The van der Waals surface area contributed by atoms with Crippen LogP contribution in [0.1, 0.15) is 50.6 Å². The summed E-state index contributed by atoms with van der Waals surface area (Å²) in [6.07, 6.45) is 1.59. The Morgan fingerprint density at radius 1 is 1.23 bits per heavy atom. The van der Waals surface area contributed by atoms with Crippen LogP contribution in [0.3, 0.4) is 0 Å². The Hall–Kier alpha value is -2.41. The molecule has 0 bridgehead atoms. The second-order valence-corrected chi connectivity index (χ2v) is 9.30. The lowest BCUT2D eigenvalue weighted by Crippen LogP contribution is -2.50. The van der Waals surface area contributed by atoms with Crippen molar-refractivity contribution < 1.29 is 18.7 Å². The first kappa shape index (κ1) is 23.3. The smallest absolute Gasteiger partial charge is 0.242 e. The molecule has 1 aliphatic heterocycles. The lowest BCUT2D eigenvalue weighted by atomic mass is 10.00. The molecule has 31 heavy (non-hydrogen) atoms. The van der Waals surface area contributed by atoms with Crippen molar-refractivity contribution in [1.82, 2.24) is 9.80 Å². The lowest BCUT2D eigenvalue weighted by Gasteiger charge is -2.38. The minimum atomic E-state index is -0.318. The molecule has 1 aliphatic rings. The molecule has 1 aromatic carbocycles. The number of rotatable bonds is 8. The van der Waals surface area contributed by atoms with E-state index in [1.807, 2.05) is 44.0 Å². The van der Waals surface area contributed by atoms with Crippen LogP contribution in [-0.4, -0.2) is 47.4 Å². The van der Waals surface area contributed by atoms with Crippen LogP contribution in [0.2, 0.25) is 0 Å². The number of halogens is 1. The van der Waals surface area contributed by atoms with Crippen LogP contribution in [0, 0.1) is 11.7 Å². The van der Waals surface area contributed by atoms with Gasteiger partial charge in [-0.3, -0.25) is 9.59 Å². The summed E-state index contributed by atoms with van der Waals surface area (Å²) in [7, 11) is 0. The van der Waals surface area contributed by atoms with Crippen LogP contribution in [-0.2, 0) is 16.0 Å². The molecule has 0 aliphatic carbocycles. The Bertz CT molecular complexity index is 896. The van der Waals surface area contributed by atoms with Crippen molar-refractivity contribution in [1.29, 1.82) is 0 Å². The van der Waals surface area contributed by atoms with E-state index in [9.17, 15) is 14.0 Å². The van der Waals surface area contributed by atoms with E-state index in [4.69, 9.17) is 4.74 Å². The Balaban J connectivity index is 1.79. The molecule has 0 radical (unpaired) electrons. The number of thiophene rings is 1. The third-order valence-corrected chi connectivity index (χ3v) is 6.84. The standard InChI is InChI=1S/C24H31FN2O3S/c1-5-17(4)27(24(29)16(2)3)14-23(28)26-12-10-22-20(11-13-31-22)21(26)15-30-19-8-6-18(25)7-9-19/h6-9,11,13,16-17,21H,5,10,12,14-15H2,1-4H3. The normalized spacial score (nSPS) is 16.7. The van der Waals surface area contributed by atoms with Crippen LogP contribution in [0.4, 0.5) is 4.39 Å². The van der Waals surface area contributed by atoms with E-state index in [2.05, 4.69) is 0 Å². The van der Waals surface area contributed by atoms with Crippen LogP contribution < -0.4 is 4.74 Å². The highest BCUT2D eigenvalue weighted by molar-refractivity contribution is 7.10. The first-order valence-electron chi connectivity index (χ1n) is 10.9. The van der Waals surface area contributed by atoms with Gasteiger partial charge in [0.1, 0.15) is 24.7 Å². The molecule has 3 rings (SSSR count). The molecule has 2 heterocycles. The summed E-state index contributed by atoms with van der Waals surface area (Å²) in [4.78, 5) is 30.9. The second-order valence-electron chi connectivity index (χ2n) is 8.30. The van der Waals surface area contributed by atoms with Crippen LogP contribution in [0.25, 0.3) is 0 Å². The monoisotopic (exact) mass is 446 g/mol. The molecule has 0 spiro atoms. The van der Waals surface area contributed by atoms with E-state index in [0.717, 1.165) is 18.4 Å². The molecule has 2 unspecified atom stereocenters. The first-order chi connectivity index (χ1) is 14.8. The van der Waals surface area contributed by atoms with Crippen LogP contribution in [0.15, 0.2) is 35.7 Å². The topological polar surface area (TPSA) is 49.9 Å². The molecule has 7 heteroatoms. The molecule has 0 N–H and O–H groups in total. The van der Waals surface area contributed by atoms with Crippen molar-refractivity contribution in [3.8, 4) is 5.75 Å². The second kappa shape index (κ2) is 10.3. The van der Waals surface area contributed by atoms with Gasteiger partial charge in [0.15, 0.2) is 0 Å². The first-order valence-corrected chi connectivity index (χ1v) is 11.7. The average Bonchev–Trinajstić information content (AvgIpc) is 3.24.